The number of esters is 1. The molecule has 2 aromatic heterocycles. The molecule has 7 nitrogen and oxygen atoms in total. The van der Waals surface area contributed by atoms with Crippen LogP contribution in [0.1, 0.15) is 35.1 Å². The fourth-order valence-corrected chi connectivity index (χ4v) is 2.40. The smallest absolute Gasteiger partial charge is 0.378 e. The Balaban J connectivity index is 2.04. The van der Waals surface area contributed by atoms with E-state index in [1.807, 2.05) is 6.07 Å². The minimum Gasteiger partial charge on any atom is -0.463 e. The Kier molecular flexibility index (Phi) is 3.12. The number of carbonyl (C=O) groups is 1. The lowest BCUT2D eigenvalue weighted by Crippen LogP contribution is -2.29. The van der Waals surface area contributed by atoms with Gasteiger partial charge in [0.15, 0.2) is 0 Å². The van der Waals surface area contributed by atoms with Crippen molar-refractivity contribution >= 4 is 11.7 Å². The van der Waals surface area contributed by atoms with Crippen molar-refractivity contribution in [2.45, 2.75) is 18.8 Å². The van der Waals surface area contributed by atoms with E-state index in [0.29, 0.717) is 11.7 Å². The Bertz CT molecular complexity index is 603. The van der Waals surface area contributed by atoms with Gasteiger partial charge in [-0.2, -0.15) is 4.98 Å². The van der Waals surface area contributed by atoms with E-state index in [1.54, 1.807) is 10.7 Å². The van der Waals surface area contributed by atoms with Crippen LogP contribution < -0.4 is 5.32 Å². The summed E-state index contributed by atoms with van der Waals surface area (Å²) < 4.78 is 6.28. The van der Waals surface area contributed by atoms with Crippen molar-refractivity contribution in [3.05, 3.63) is 23.8 Å². The molecule has 1 N–H and O–H groups in total. The fraction of sp³-hybridized carbons (Fsp3) is 0.500. The number of carbonyl (C=O) groups excluding carboxylic acids is 1. The maximum absolute atomic E-state index is 11.5. The Morgan fingerprint density at radius 1 is 1.58 bits per heavy atom. The summed E-state index contributed by atoms with van der Waals surface area (Å²) in [5.74, 6) is 0.305. The van der Waals surface area contributed by atoms with Gasteiger partial charge in [-0.25, -0.2) is 14.3 Å². The maximum Gasteiger partial charge on any atom is 0.378 e. The molecule has 1 unspecified atom stereocenters. The van der Waals surface area contributed by atoms with Crippen molar-refractivity contribution in [2.75, 3.05) is 20.2 Å². The van der Waals surface area contributed by atoms with E-state index in [0.717, 1.165) is 31.6 Å². The molecule has 7 heteroatoms. The van der Waals surface area contributed by atoms with Crippen LogP contribution in [-0.2, 0) is 4.74 Å². The first-order valence-electron chi connectivity index (χ1n) is 6.30. The van der Waals surface area contributed by atoms with Gasteiger partial charge in [-0.1, -0.05) is 0 Å². The summed E-state index contributed by atoms with van der Waals surface area (Å²) in [5, 5.41) is 7.56. The predicted octanol–water partition coefficient (Wildman–Crippen LogP) is 0.378. The van der Waals surface area contributed by atoms with Crippen molar-refractivity contribution in [1.29, 1.82) is 0 Å². The second kappa shape index (κ2) is 4.93. The molecule has 3 heterocycles. The number of piperidine rings is 1. The van der Waals surface area contributed by atoms with Crippen LogP contribution in [0.3, 0.4) is 0 Å². The molecule has 3 rings (SSSR count). The molecule has 0 aliphatic carbocycles. The van der Waals surface area contributed by atoms with Gasteiger partial charge in [-0.05, 0) is 25.5 Å². The highest BCUT2D eigenvalue weighted by Crippen LogP contribution is 2.22. The van der Waals surface area contributed by atoms with E-state index >= 15 is 0 Å². The lowest BCUT2D eigenvalue weighted by molar-refractivity contribution is 0.0587. The molecule has 0 aromatic carbocycles. The van der Waals surface area contributed by atoms with Crippen molar-refractivity contribution in [1.82, 2.24) is 24.9 Å². The van der Waals surface area contributed by atoms with Gasteiger partial charge >= 0.3 is 5.97 Å². The van der Waals surface area contributed by atoms with Crippen molar-refractivity contribution in [3.63, 3.8) is 0 Å². The van der Waals surface area contributed by atoms with Crippen LogP contribution in [0.15, 0.2) is 12.3 Å². The minimum absolute atomic E-state index is 0.0474. The van der Waals surface area contributed by atoms with Gasteiger partial charge in [-0.15, -0.1) is 5.10 Å². The zero-order chi connectivity index (χ0) is 13.2. The summed E-state index contributed by atoms with van der Waals surface area (Å²) in [7, 11) is 1.31. The first-order valence-corrected chi connectivity index (χ1v) is 6.30. The fourth-order valence-electron chi connectivity index (χ4n) is 2.40. The second-order valence-electron chi connectivity index (χ2n) is 4.55. The summed E-state index contributed by atoms with van der Waals surface area (Å²) in [6.45, 7) is 1.96. The number of rotatable bonds is 2. The Morgan fingerprint density at radius 3 is 3.21 bits per heavy atom. The summed E-state index contributed by atoms with van der Waals surface area (Å²) in [6, 6.07) is 1.93. The minimum atomic E-state index is -0.543. The first-order chi connectivity index (χ1) is 9.29. The molecule has 1 saturated heterocycles. The van der Waals surface area contributed by atoms with E-state index in [2.05, 4.69) is 25.1 Å². The molecule has 1 atom stereocenters. The number of hydrogen-bond acceptors (Lipinski definition) is 6. The molecule has 2 aromatic rings. The van der Waals surface area contributed by atoms with Gasteiger partial charge in [0, 0.05) is 18.7 Å². The number of aromatic nitrogens is 4. The second-order valence-corrected chi connectivity index (χ2v) is 4.55. The zero-order valence-corrected chi connectivity index (χ0v) is 10.7. The Morgan fingerprint density at radius 2 is 2.47 bits per heavy atom. The maximum atomic E-state index is 11.5. The van der Waals surface area contributed by atoms with Crippen LogP contribution in [0.25, 0.3) is 5.78 Å². The molecule has 100 valence electrons. The third kappa shape index (κ3) is 2.17. The number of hydrogen-bond donors (Lipinski definition) is 1. The van der Waals surface area contributed by atoms with Crippen LogP contribution in [0.5, 0.6) is 0 Å². The SMILES string of the molecule is COC(=O)c1nc2nccc(C3CCCNC3)n2n1. The molecule has 1 fully saturated rings. The third-order valence-electron chi connectivity index (χ3n) is 3.35. The van der Waals surface area contributed by atoms with Crippen LogP contribution in [-0.4, -0.2) is 45.8 Å². The van der Waals surface area contributed by atoms with Crippen LogP contribution in [0.2, 0.25) is 0 Å². The van der Waals surface area contributed by atoms with E-state index in [9.17, 15) is 4.79 Å². The number of ether oxygens (including phenoxy) is 1. The van der Waals surface area contributed by atoms with Crippen molar-refractivity contribution in [3.8, 4) is 0 Å². The van der Waals surface area contributed by atoms with Crippen LogP contribution in [0.4, 0.5) is 0 Å². The average Bonchev–Trinajstić information content (AvgIpc) is 2.91. The summed E-state index contributed by atoms with van der Waals surface area (Å²) in [4.78, 5) is 19.7. The highest BCUT2D eigenvalue weighted by Gasteiger charge is 2.21. The molecule has 19 heavy (non-hydrogen) atoms. The Hall–Kier alpha value is -2.02. The Labute approximate surface area is 110 Å². The molecule has 0 saturated carbocycles. The topological polar surface area (TPSA) is 81.4 Å². The quantitative estimate of drug-likeness (QED) is 0.787. The highest BCUT2D eigenvalue weighted by molar-refractivity contribution is 5.85. The zero-order valence-electron chi connectivity index (χ0n) is 10.7. The third-order valence-corrected chi connectivity index (χ3v) is 3.35. The standard InChI is InChI=1S/C12H15N5O2/c1-19-11(18)10-15-12-14-6-4-9(17(12)16-10)8-3-2-5-13-7-8/h4,6,8,13H,2-3,5,7H2,1H3. The number of nitrogens with zero attached hydrogens (tertiary/aromatic N) is 4. The molecular weight excluding hydrogens is 246 g/mol. The van der Waals surface area contributed by atoms with Crippen LogP contribution in [0, 0.1) is 0 Å². The molecule has 0 spiro atoms. The van der Waals surface area contributed by atoms with Gasteiger partial charge in [0.05, 0.1) is 12.8 Å². The van der Waals surface area contributed by atoms with Crippen molar-refractivity contribution < 1.29 is 9.53 Å². The average molecular weight is 261 g/mol. The van der Waals surface area contributed by atoms with Gasteiger partial charge in [-0.3, -0.25) is 0 Å². The van der Waals surface area contributed by atoms with Gasteiger partial charge < -0.3 is 10.1 Å². The lowest BCUT2D eigenvalue weighted by Gasteiger charge is -2.22. The summed E-state index contributed by atoms with van der Waals surface area (Å²) >= 11 is 0. The highest BCUT2D eigenvalue weighted by atomic mass is 16.5. The van der Waals surface area contributed by atoms with Crippen LogP contribution >= 0.6 is 0 Å². The predicted molar refractivity (Wildman–Crippen MR) is 67.0 cm³/mol. The van der Waals surface area contributed by atoms with E-state index in [4.69, 9.17) is 0 Å². The molecule has 1 aliphatic rings. The summed E-state index contributed by atoms with van der Waals surface area (Å²) in [6.07, 6.45) is 3.93. The summed E-state index contributed by atoms with van der Waals surface area (Å²) in [5.41, 5.74) is 1.03. The van der Waals surface area contributed by atoms with Gasteiger partial charge in [0.2, 0.25) is 0 Å². The lowest BCUT2D eigenvalue weighted by atomic mass is 9.96. The molecule has 1 aliphatic heterocycles. The number of methoxy groups -OCH3 is 1. The largest absolute Gasteiger partial charge is 0.463 e. The first kappa shape index (κ1) is 12.0. The normalized spacial score (nSPS) is 19.5. The van der Waals surface area contributed by atoms with E-state index in [-0.39, 0.29) is 5.82 Å². The molecule has 0 amide bonds. The van der Waals surface area contributed by atoms with Crippen molar-refractivity contribution in [2.24, 2.45) is 0 Å². The monoisotopic (exact) mass is 261 g/mol. The molecule has 0 radical (unpaired) electrons. The number of fused-ring (bicyclic) bond motifs is 1. The molecule has 0 bridgehead atoms. The van der Waals surface area contributed by atoms with Gasteiger partial charge in [0.1, 0.15) is 0 Å². The molecular formula is C12H15N5O2. The van der Waals surface area contributed by atoms with E-state index < -0.39 is 5.97 Å². The van der Waals surface area contributed by atoms with E-state index in [1.165, 1.54) is 7.11 Å². The van der Waals surface area contributed by atoms with Gasteiger partial charge in [0.25, 0.3) is 11.6 Å². The number of nitrogens with one attached hydrogen (secondary N) is 1.